The van der Waals surface area contributed by atoms with Gasteiger partial charge in [-0.2, -0.15) is 0 Å². The molecule has 0 aromatic carbocycles. The van der Waals surface area contributed by atoms with Gasteiger partial charge in [-0.15, -0.1) is 13.2 Å². The predicted octanol–water partition coefficient (Wildman–Crippen LogP) is 8.95. The Labute approximate surface area is 182 Å². The molecule has 0 bridgehead atoms. The van der Waals surface area contributed by atoms with Crippen LogP contribution in [0.4, 0.5) is 0 Å². The molecule has 0 radical (unpaired) electrons. The van der Waals surface area contributed by atoms with Gasteiger partial charge in [0.1, 0.15) is 0 Å². The van der Waals surface area contributed by atoms with Gasteiger partial charge in [-0.25, -0.2) is 0 Å². The summed E-state index contributed by atoms with van der Waals surface area (Å²) < 4.78 is 5.04. The van der Waals surface area contributed by atoms with Crippen LogP contribution in [0.25, 0.3) is 0 Å². The fraction of sp³-hybridized carbons (Fsp3) is 0.815. The Morgan fingerprint density at radius 1 is 0.621 bits per heavy atom. The van der Waals surface area contributed by atoms with E-state index in [1.54, 1.807) is 0 Å². The highest BCUT2D eigenvalue weighted by molar-refractivity contribution is 5.72. The third kappa shape index (κ3) is 20.0. The van der Waals surface area contributed by atoms with Gasteiger partial charge in [-0.3, -0.25) is 4.79 Å². The Hall–Kier alpha value is -1.05. The zero-order valence-electron chi connectivity index (χ0n) is 19.6. The SMILES string of the molecule is C=CCCCCCCCCCCC(CCCCCCCCCCC=C)C(=O)OC. The second kappa shape index (κ2) is 23.2. The number of esters is 1. The number of allylic oxidation sites excluding steroid dienone is 2. The van der Waals surface area contributed by atoms with E-state index in [0.717, 1.165) is 25.7 Å². The second-order valence-corrected chi connectivity index (χ2v) is 8.61. The largest absolute Gasteiger partial charge is 0.469 e. The van der Waals surface area contributed by atoms with Crippen molar-refractivity contribution in [3.63, 3.8) is 0 Å². The Bertz CT molecular complexity index is 347. The summed E-state index contributed by atoms with van der Waals surface area (Å²) in [7, 11) is 1.54. The van der Waals surface area contributed by atoms with Gasteiger partial charge in [0.25, 0.3) is 0 Å². The van der Waals surface area contributed by atoms with Crippen molar-refractivity contribution < 1.29 is 9.53 Å². The smallest absolute Gasteiger partial charge is 0.308 e. The predicted molar refractivity (Wildman–Crippen MR) is 128 cm³/mol. The van der Waals surface area contributed by atoms with Crippen LogP contribution >= 0.6 is 0 Å². The molecule has 29 heavy (non-hydrogen) atoms. The molecule has 0 atom stereocenters. The van der Waals surface area contributed by atoms with Crippen molar-refractivity contribution in [2.45, 2.75) is 128 Å². The van der Waals surface area contributed by atoms with E-state index in [4.69, 9.17) is 4.74 Å². The number of rotatable bonds is 23. The third-order valence-corrected chi connectivity index (χ3v) is 5.96. The summed E-state index contributed by atoms with van der Waals surface area (Å²) in [5, 5.41) is 0. The van der Waals surface area contributed by atoms with Crippen LogP contribution in [0.1, 0.15) is 128 Å². The second-order valence-electron chi connectivity index (χ2n) is 8.61. The van der Waals surface area contributed by atoms with E-state index in [9.17, 15) is 4.79 Å². The molecule has 0 saturated heterocycles. The zero-order chi connectivity index (χ0) is 21.4. The minimum atomic E-state index is 0.00874. The van der Waals surface area contributed by atoms with Gasteiger partial charge in [0, 0.05) is 0 Å². The number of unbranched alkanes of at least 4 members (excludes halogenated alkanes) is 16. The van der Waals surface area contributed by atoms with Crippen molar-refractivity contribution in [3.05, 3.63) is 25.3 Å². The van der Waals surface area contributed by atoms with Crippen molar-refractivity contribution in [3.8, 4) is 0 Å². The lowest BCUT2D eigenvalue weighted by Crippen LogP contribution is -2.16. The first-order valence-electron chi connectivity index (χ1n) is 12.6. The zero-order valence-corrected chi connectivity index (χ0v) is 19.6. The van der Waals surface area contributed by atoms with Crippen molar-refractivity contribution in [1.29, 1.82) is 0 Å². The van der Waals surface area contributed by atoms with Gasteiger partial charge in [-0.1, -0.05) is 102 Å². The van der Waals surface area contributed by atoms with Gasteiger partial charge in [0.15, 0.2) is 0 Å². The number of carbonyl (C=O) groups excluding carboxylic acids is 1. The number of hydrogen-bond donors (Lipinski definition) is 0. The van der Waals surface area contributed by atoms with Crippen LogP contribution in [0.3, 0.4) is 0 Å². The van der Waals surface area contributed by atoms with Crippen LogP contribution in [-0.2, 0) is 9.53 Å². The molecule has 0 aliphatic rings. The maximum atomic E-state index is 12.1. The van der Waals surface area contributed by atoms with Crippen LogP contribution < -0.4 is 0 Å². The molecule has 0 saturated carbocycles. The molecule has 0 heterocycles. The number of carbonyl (C=O) groups is 1. The van der Waals surface area contributed by atoms with Gasteiger partial charge < -0.3 is 4.74 Å². The van der Waals surface area contributed by atoms with E-state index >= 15 is 0 Å². The lowest BCUT2D eigenvalue weighted by molar-refractivity contribution is -0.146. The molecular formula is C27H50O2. The number of methoxy groups -OCH3 is 1. The van der Waals surface area contributed by atoms with E-state index in [1.807, 2.05) is 12.2 Å². The highest BCUT2D eigenvalue weighted by atomic mass is 16.5. The van der Waals surface area contributed by atoms with Gasteiger partial charge >= 0.3 is 5.97 Å². The maximum absolute atomic E-state index is 12.1. The fourth-order valence-electron chi connectivity index (χ4n) is 4.03. The third-order valence-electron chi connectivity index (χ3n) is 5.96. The fourth-order valence-corrected chi connectivity index (χ4v) is 4.03. The first-order valence-corrected chi connectivity index (χ1v) is 12.6. The molecule has 0 fully saturated rings. The van der Waals surface area contributed by atoms with Crippen molar-refractivity contribution in [2.75, 3.05) is 7.11 Å². The van der Waals surface area contributed by atoms with Crippen LogP contribution in [0.5, 0.6) is 0 Å². The van der Waals surface area contributed by atoms with Crippen LogP contribution in [0.2, 0.25) is 0 Å². The average Bonchev–Trinajstić information content (AvgIpc) is 2.74. The van der Waals surface area contributed by atoms with Gasteiger partial charge in [0.05, 0.1) is 13.0 Å². The minimum absolute atomic E-state index is 0.00874. The van der Waals surface area contributed by atoms with E-state index in [0.29, 0.717) is 0 Å². The molecule has 0 aliphatic heterocycles. The molecule has 0 rings (SSSR count). The summed E-state index contributed by atoms with van der Waals surface area (Å²) in [5.74, 6) is 0.132. The van der Waals surface area contributed by atoms with Crippen LogP contribution in [0, 0.1) is 5.92 Å². The van der Waals surface area contributed by atoms with E-state index in [2.05, 4.69) is 13.2 Å². The quantitative estimate of drug-likeness (QED) is 0.0961. The first-order chi connectivity index (χ1) is 14.3. The Morgan fingerprint density at radius 3 is 1.24 bits per heavy atom. The lowest BCUT2D eigenvalue weighted by Gasteiger charge is -2.14. The van der Waals surface area contributed by atoms with E-state index < -0.39 is 0 Å². The summed E-state index contributed by atoms with van der Waals surface area (Å²) in [6, 6.07) is 0. The molecule has 0 aromatic heterocycles. The Balaban J connectivity index is 3.61. The Morgan fingerprint density at radius 2 is 0.931 bits per heavy atom. The molecular weight excluding hydrogens is 356 g/mol. The minimum Gasteiger partial charge on any atom is -0.469 e. The number of ether oxygens (including phenoxy) is 1. The normalized spacial score (nSPS) is 11.0. The first kappa shape index (κ1) is 27.9. The van der Waals surface area contributed by atoms with Crippen molar-refractivity contribution in [2.24, 2.45) is 5.92 Å². The van der Waals surface area contributed by atoms with E-state index in [1.165, 1.54) is 110 Å². The van der Waals surface area contributed by atoms with Crippen molar-refractivity contribution >= 4 is 5.97 Å². The molecule has 170 valence electrons. The van der Waals surface area contributed by atoms with E-state index in [-0.39, 0.29) is 11.9 Å². The lowest BCUT2D eigenvalue weighted by atomic mass is 9.94. The molecule has 0 spiro atoms. The molecule has 2 nitrogen and oxygen atoms in total. The Kier molecular flexibility index (Phi) is 22.4. The number of hydrogen-bond acceptors (Lipinski definition) is 2. The monoisotopic (exact) mass is 406 g/mol. The van der Waals surface area contributed by atoms with Gasteiger partial charge in [-0.05, 0) is 38.5 Å². The molecule has 2 heteroatoms. The average molecular weight is 407 g/mol. The molecule has 0 unspecified atom stereocenters. The van der Waals surface area contributed by atoms with Crippen LogP contribution in [0.15, 0.2) is 25.3 Å². The van der Waals surface area contributed by atoms with Crippen molar-refractivity contribution in [1.82, 2.24) is 0 Å². The summed E-state index contributed by atoms with van der Waals surface area (Å²) in [5.41, 5.74) is 0. The highest BCUT2D eigenvalue weighted by Crippen LogP contribution is 2.21. The highest BCUT2D eigenvalue weighted by Gasteiger charge is 2.18. The topological polar surface area (TPSA) is 26.3 Å². The molecule has 0 N–H and O–H groups in total. The summed E-state index contributed by atoms with van der Waals surface area (Å²) in [6.45, 7) is 7.54. The summed E-state index contributed by atoms with van der Waals surface area (Å²) in [6.07, 6.45) is 29.2. The standard InChI is InChI=1S/C27H50O2/c1-4-6-8-10-12-14-16-18-20-22-24-26(27(28)29-3)25-23-21-19-17-15-13-11-9-7-5-2/h4-5,26H,1-2,6-25H2,3H3. The summed E-state index contributed by atoms with van der Waals surface area (Å²) in [4.78, 5) is 12.1. The van der Waals surface area contributed by atoms with Gasteiger partial charge in [0.2, 0.25) is 0 Å². The summed E-state index contributed by atoms with van der Waals surface area (Å²) >= 11 is 0. The van der Waals surface area contributed by atoms with Crippen LogP contribution in [-0.4, -0.2) is 13.1 Å². The molecule has 0 aliphatic carbocycles. The molecule has 0 aromatic rings. The maximum Gasteiger partial charge on any atom is 0.308 e. The molecule has 0 amide bonds.